The molecule has 3 aromatic rings. The molecule has 0 bridgehead atoms. The van der Waals surface area contributed by atoms with Crippen LogP contribution in [0.4, 0.5) is 0 Å². The van der Waals surface area contributed by atoms with Gasteiger partial charge in [-0.2, -0.15) is 5.10 Å². The number of rotatable bonds is 6. The van der Waals surface area contributed by atoms with Gasteiger partial charge >= 0.3 is 0 Å². The number of halogens is 1. The molecule has 0 saturated heterocycles. The lowest BCUT2D eigenvalue weighted by Crippen LogP contribution is -2.33. The highest BCUT2D eigenvalue weighted by Crippen LogP contribution is 2.48. The average Bonchev–Trinajstić information content (AvgIpc) is 3.30. The molecule has 0 saturated carbocycles. The molecule has 0 fully saturated rings. The van der Waals surface area contributed by atoms with E-state index < -0.39 is 0 Å². The van der Waals surface area contributed by atoms with E-state index in [4.69, 9.17) is 24.0 Å². The van der Waals surface area contributed by atoms with Crippen LogP contribution >= 0.6 is 15.9 Å². The Bertz CT molecular complexity index is 1200. The maximum atomic E-state index is 6.46. The lowest BCUT2D eigenvalue weighted by atomic mass is 9.95. The first-order chi connectivity index (χ1) is 16.1. The number of ether oxygens (including phenoxy) is 4. The Kier molecular flexibility index (Phi) is 5.89. The Balaban J connectivity index is 1.55. The van der Waals surface area contributed by atoms with Crippen molar-refractivity contribution in [3.63, 3.8) is 0 Å². The van der Waals surface area contributed by atoms with Crippen molar-refractivity contribution in [2.45, 2.75) is 25.6 Å². The van der Waals surface area contributed by atoms with Gasteiger partial charge in [0.25, 0.3) is 0 Å². The molecule has 3 aromatic carbocycles. The van der Waals surface area contributed by atoms with Crippen LogP contribution in [0.3, 0.4) is 0 Å². The minimum atomic E-state index is -0.336. The first-order valence-electron chi connectivity index (χ1n) is 10.9. The molecule has 0 N–H and O–H groups in total. The summed E-state index contributed by atoms with van der Waals surface area (Å²) >= 11 is 3.61. The van der Waals surface area contributed by atoms with Gasteiger partial charge in [-0.15, -0.1) is 0 Å². The highest BCUT2D eigenvalue weighted by molar-refractivity contribution is 9.10. The zero-order valence-corrected chi connectivity index (χ0v) is 20.3. The third-order valence-electron chi connectivity index (χ3n) is 5.94. The predicted molar refractivity (Wildman–Crippen MR) is 130 cm³/mol. The van der Waals surface area contributed by atoms with Gasteiger partial charge in [-0.1, -0.05) is 15.9 Å². The molecule has 2 heterocycles. The van der Waals surface area contributed by atoms with Crippen LogP contribution in [-0.2, 0) is 0 Å². The number of hydrogen-bond donors (Lipinski definition) is 0. The molecule has 2 aliphatic heterocycles. The largest absolute Gasteiger partial charge is 0.494 e. The molecular formula is C26H25BrN2O4. The fourth-order valence-corrected chi connectivity index (χ4v) is 4.74. The van der Waals surface area contributed by atoms with Gasteiger partial charge in [0.15, 0.2) is 11.5 Å². The molecule has 170 valence electrons. The lowest BCUT2D eigenvalue weighted by molar-refractivity contribution is -0.0191. The van der Waals surface area contributed by atoms with E-state index in [2.05, 4.69) is 27.0 Å². The van der Waals surface area contributed by atoms with Gasteiger partial charge in [-0.3, -0.25) is 0 Å². The van der Waals surface area contributed by atoms with Crippen LogP contribution in [-0.4, -0.2) is 31.5 Å². The van der Waals surface area contributed by atoms with Gasteiger partial charge in [-0.25, -0.2) is 5.01 Å². The van der Waals surface area contributed by atoms with Gasteiger partial charge in [0.2, 0.25) is 6.23 Å². The second-order valence-corrected chi connectivity index (χ2v) is 8.79. The van der Waals surface area contributed by atoms with E-state index >= 15 is 0 Å². The predicted octanol–water partition coefficient (Wildman–Crippen LogP) is 6.11. The molecule has 5 rings (SSSR count). The molecule has 0 aromatic heterocycles. The van der Waals surface area contributed by atoms with Gasteiger partial charge in [-0.05, 0) is 67.6 Å². The van der Waals surface area contributed by atoms with E-state index in [0.29, 0.717) is 18.1 Å². The van der Waals surface area contributed by atoms with Crippen molar-refractivity contribution in [1.29, 1.82) is 0 Å². The van der Waals surface area contributed by atoms with Crippen molar-refractivity contribution in [3.8, 4) is 23.0 Å². The summed E-state index contributed by atoms with van der Waals surface area (Å²) in [5, 5.41) is 7.10. The second kappa shape index (κ2) is 8.98. The van der Waals surface area contributed by atoms with Gasteiger partial charge < -0.3 is 18.9 Å². The van der Waals surface area contributed by atoms with Crippen LogP contribution in [0.25, 0.3) is 0 Å². The van der Waals surface area contributed by atoms with E-state index in [-0.39, 0.29) is 12.3 Å². The van der Waals surface area contributed by atoms with Crippen molar-refractivity contribution in [1.82, 2.24) is 5.01 Å². The molecule has 0 aliphatic carbocycles. The summed E-state index contributed by atoms with van der Waals surface area (Å²) in [7, 11) is 3.28. The van der Waals surface area contributed by atoms with Gasteiger partial charge in [0.1, 0.15) is 11.5 Å². The monoisotopic (exact) mass is 508 g/mol. The number of fused-ring (bicyclic) bond motifs is 3. The van der Waals surface area contributed by atoms with E-state index in [1.54, 1.807) is 14.2 Å². The molecule has 7 heteroatoms. The van der Waals surface area contributed by atoms with Gasteiger partial charge in [0, 0.05) is 27.6 Å². The van der Waals surface area contributed by atoms with E-state index in [9.17, 15) is 0 Å². The number of hydrogen-bond acceptors (Lipinski definition) is 6. The Labute approximate surface area is 201 Å². The van der Waals surface area contributed by atoms with Gasteiger partial charge in [0.05, 0.1) is 32.6 Å². The lowest BCUT2D eigenvalue weighted by Gasteiger charge is -2.38. The third kappa shape index (κ3) is 4.02. The molecule has 0 spiro atoms. The van der Waals surface area contributed by atoms with Crippen LogP contribution in [0.1, 0.15) is 42.3 Å². The summed E-state index contributed by atoms with van der Waals surface area (Å²) in [4.78, 5) is 0. The van der Waals surface area contributed by atoms with Crippen LogP contribution < -0.4 is 18.9 Å². The highest BCUT2D eigenvalue weighted by atomic mass is 79.9. The van der Waals surface area contributed by atoms with E-state index in [0.717, 1.165) is 44.8 Å². The second-order valence-electron chi connectivity index (χ2n) is 7.87. The van der Waals surface area contributed by atoms with E-state index in [1.165, 1.54) is 0 Å². The zero-order valence-electron chi connectivity index (χ0n) is 18.7. The number of benzene rings is 3. The standard InChI is InChI=1S/C26H25BrN2O4/c1-4-32-19-9-5-16(6-10-19)26-29-22(20-14-18(27)8-12-23(20)33-26)15-21(28-29)17-7-11-24(30-2)25(13-17)31-3/h5-14,22,26H,4,15H2,1-3H3/t22-,26+/m1/s1. The first-order valence-corrected chi connectivity index (χ1v) is 11.7. The molecule has 2 aliphatic rings. The maximum Gasteiger partial charge on any atom is 0.213 e. The van der Waals surface area contributed by atoms with Crippen molar-refractivity contribution in [2.75, 3.05) is 20.8 Å². The fraction of sp³-hybridized carbons (Fsp3) is 0.269. The minimum Gasteiger partial charge on any atom is -0.494 e. The van der Waals surface area contributed by atoms with Crippen molar-refractivity contribution in [3.05, 3.63) is 81.8 Å². The molecule has 0 radical (unpaired) electrons. The van der Waals surface area contributed by atoms with Crippen LogP contribution in [0.15, 0.2) is 70.2 Å². The quantitative estimate of drug-likeness (QED) is 0.402. The van der Waals surface area contributed by atoms with Crippen molar-refractivity contribution >= 4 is 21.6 Å². The molecule has 6 nitrogen and oxygen atoms in total. The summed E-state index contributed by atoms with van der Waals surface area (Å²) in [6, 6.07) is 20.2. The maximum absolute atomic E-state index is 6.46. The molecule has 33 heavy (non-hydrogen) atoms. The molecular weight excluding hydrogens is 484 g/mol. The zero-order chi connectivity index (χ0) is 22.9. The van der Waals surface area contributed by atoms with Crippen molar-refractivity contribution in [2.24, 2.45) is 5.10 Å². The minimum absolute atomic E-state index is 0.0610. The Morgan fingerprint density at radius 3 is 2.52 bits per heavy atom. The summed E-state index contributed by atoms with van der Waals surface area (Å²) in [6.45, 7) is 2.61. The van der Waals surface area contributed by atoms with Crippen LogP contribution in [0, 0.1) is 0 Å². The van der Waals surface area contributed by atoms with Crippen LogP contribution in [0.2, 0.25) is 0 Å². The Hall–Kier alpha value is -3.19. The van der Waals surface area contributed by atoms with E-state index in [1.807, 2.05) is 61.5 Å². The summed E-state index contributed by atoms with van der Waals surface area (Å²) in [5.41, 5.74) is 4.12. The first kappa shape index (κ1) is 21.6. The summed E-state index contributed by atoms with van der Waals surface area (Å²) in [6.07, 6.45) is 0.424. The topological polar surface area (TPSA) is 52.5 Å². The molecule has 2 atom stereocenters. The average molecular weight is 509 g/mol. The summed E-state index contributed by atoms with van der Waals surface area (Å²) < 4.78 is 24.0. The third-order valence-corrected chi connectivity index (χ3v) is 6.44. The molecule has 0 amide bonds. The fourth-order valence-electron chi connectivity index (χ4n) is 4.36. The number of hydrazone groups is 1. The van der Waals surface area contributed by atoms with Crippen LogP contribution in [0.5, 0.6) is 23.0 Å². The number of nitrogens with zero attached hydrogens (tertiary/aromatic N) is 2. The smallest absolute Gasteiger partial charge is 0.213 e. The SMILES string of the molecule is CCOc1ccc([C@@H]2Oc3ccc(Br)cc3[C@H]3CC(c4ccc(OC)c(OC)c4)=NN32)cc1. The highest BCUT2D eigenvalue weighted by Gasteiger charge is 2.41. The molecule has 0 unspecified atom stereocenters. The number of methoxy groups -OCH3 is 2. The Morgan fingerprint density at radius 2 is 1.79 bits per heavy atom. The Morgan fingerprint density at radius 1 is 1.00 bits per heavy atom. The normalized spacial score (nSPS) is 18.7. The van der Waals surface area contributed by atoms with Crippen molar-refractivity contribution < 1.29 is 18.9 Å². The summed E-state index contributed by atoms with van der Waals surface area (Å²) in [5.74, 6) is 3.10.